The first kappa shape index (κ1) is 25.0. The maximum Gasteiger partial charge on any atom is 0.347 e. The zero-order valence-corrected chi connectivity index (χ0v) is 21.4. The number of rotatable bonds is 7. The zero-order chi connectivity index (χ0) is 24.8. The summed E-state index contributed by atoms with van der Waals surface area (Å²) in [5.41, 5.74) is 0.406. The summed E-state index contributed by atoms with van der Waals surface area (Å²) >= 11 is 0. The Kier molecular flexibility index (Phi) is 6.87. The molecule has 5 fully saturated rings. The van der Waals surface area contributed by atoms with Gasteiger partial charge in [-0.05, 0) is 69.6 Å². The summed E-state index contributed by atoms with van der Waals surface area (Å²) in [6.45, 7) is 10.6. The number of fused-ring (bicyclic) bond motifs is 2. The van der Waals surface area contributed by atoms with Gasteiger partial charge in [0.25, 0.3) is 0 Å². The number of ether oxygens (including phenoxy) is 5. The van der Waals surface area contributed by atoms with Gasteiger partial charge in [-0.15, -0.1) is 0 Å². The highest BCUT2D eigenvalue weighted by Gasteiger charge is 2.69. The Morgan fingerprint density at radius 3 is 2.63 bits per heavy atom. The van der Waals surface area contributed by atoms with Gasteiger partial charge in [-0.25, -0.2) is 14.6 Å². The monoisotopic (exact) mass is 490 g/mol. The van der Waals surface area contributed by atoms with Crippen molar-refractivity contribution in [3.05, 3.63) is 29.8 Å². The molecule has 4 saturated heterocycles. The molecule has 1 saturated carbocycles. The fourth-order valence-corrected chi connectivity index (χ4v) is 6.42. The summed E-state index contributed by atoms with van der Waals surface area (Å²) in [7, 11) is 0. The van der Waals surface area contributed by atoms with Crippen LogP contribution in [0.4, 0.5) is 0 Å². The van der Waals surface area contributed by atoms with E-state index in [9.17, 15) is 4.79 Å². The van der Waals surface area contributed by atoms with Crippen LogP contribution in [-0.2, 0) is 40.1 Å². The van der Waals surface area contributed by atoms with Crippen molar-refractivity contribution in [1.82, 2.24) is 0 Å². The van der Waals surface area contributed by atoms with Crippen LogP contribution in [0, 0.1) is 23.7 Å². The highest BCUT2D eigenvalue weighted by atomic mass is 17.3. The van der Waals surface area contributed by atoms with Crippen molar-refractivity contribution in [1.29, 1.82) is 0 Å². The molecular weight excluding hydrogens is 452 g/mol. The molecule has 0 N–H and O–H groups in total. The molecule has 0 aromatic heterocycles. The van der Waals surface area contributed by atoms with Crippen molar-refractivity contribution < 1.29 is 38.3 Å². The van der Waals surface area contributed by atoms with Gasteiger partial charge in [0.1, 0.15) is 5.75 Å². The minimum atomic E-state index is -0.792. The topological polar surface area (TPSA) is 81.7 Å². The molecule has 4 aliphatic heterocycles. The lowest BCUT2D eigenvalue weighted by molar-refractivity contribution is -0.577. The van der Waals surface area contributed by atoms with E-state index in [4.69, 9.17) is 33.5 Å². The Hall–Kier alpha value is -1.71. The Morgan fingerprint density at radius 2 is 1.89 bits per heavy atom. The second-order valence-electron chi connectivity index (χ2n) is 10.7. The molecule has 3 unspecified atom stereocenters. The molecule has 8 heteroatoms. The normalized spacial score (nSPS) is 40.9. The molecule has 35 heavy (non-hydrogen) atoms. The Balaban J connectivity index is 1.25. The molecule has 1 spiro atoms. The summed E-state index contributed by atoms with van der Waals surface area (Å²) in [6, 6.07) is 7.54. The summed E-state index contributed by atoms with van der Waals surface area (Å²) < 4.78 is 29.8. The molecule has 1 aromatic rings. The van der Waals surface area contributed by atoms with Gasteiger partial charge < -0.3 is 23.7 Å². The van der Waals surface area contributed by atoms with E-state index < -0.39 is 30.1 Å². The second kappa shape index (κ2) is 9.63. The second-order valence-corrected chi connectivity index (χ2v) is 10.7. The van der Waals surface area contributed by atoms with Crippen LogP contribution in [0.15, 0.2) is 24.3 Å². The lowest BCUT2D eigenvalue weighted by Gasteiger charge is -2.60. The fraction of sp³-hybridized carbons (Fsp3) is 0.741. The average molecular weight is 491 g/mol. The predicted octanol–water partition coefficient (Wildman–Crippen LogP) is 4.74. The highest BCUT2D eigenvalue weighted by molar-refractivity contribution is 5.74. The SMILES string of the molecule is CCOC(=O)C(C)Oc1ccc(CO[C@@H]2O[C@@H]3O[C@]4(C)CCC5[C@H](C)CCC([C@H]2C)[C@]53OO4)cc1. The number of carbonyl (C=O) groups is 1. The number of benzene rings is 1. The van der Waals surface area contributed by atoms with E-state index in [1.165, 1.54) is 0 Å². The Labute approximate surface area is 207 Å². The van der Waals surface area contributed by atoms with E-state index in [0.29, 0.717) is 30.8 Å². The van der Waals surface area contributed by atoms with Crippen LogP contribution < -0.4 is 4.74 Å². The summed E-state index contributed by atoms with van der Waals surface area (Å²) in [5, 5.41) is 0. The fourth-order valence-electron chi connectivity index (χ4n) is 6.42. The number of hydrogen-bond acceptors (Lipinski definition) is 8. The molecule has 0 radical (unpaired) electrons. The zero-order valence-electron chi connectivity index (χ0n) is 21.4. The van der Waals surface area contributed by atoms with E-state index >= 15 is 0 Å². The largest absolute Gasteiger partial charge is 0.479 e. The smallest absolute Gasteiger partial charge is 0.347 e. The van der Waals surface area contributed by atoms with Gasteiger partial charge in [-0.1, -0.05) is 26.0 Å². The molecule has 9 atom stereocenters. The minimum absolute atomic E-state index is 0.129. The molecule has 1 aliphatic carbocycles. The van der Waals surface area contributed by atoms with Crippen molar-refractivity contribution in [2.45, 2.75) is 97.0 Å². The van der Waals surface area contributed by atoms with E-state index in [2.05, 4.69) is 13.8 Å². The molecule has 5 aliphatic rings. The third-order valence-electron chi connectivity index (χ3n) is 8.37. The molecule has 1 aromatic carbocycles. The maximum atomic E-state index is 11.8. The highest BCUT2D eigenvalue weighted by Crippen LogP contribution is 2.60. The van der Waals surface area contributed by atoms with Gasteiger partial charge >= 0.3 is 5.97 Å². The summed E-state index contributed by atoms with van der Waals surface area (Å²) in [5.74, 6) is 0.663. The first-order valence-electron chi connectivity index (χ1n) is 13.0. The Bertz CT molecular complexity index is 905. The van der Waals surface area contributed by atoms with Crippen LogP contribution in [-0.4, -0.2) is 42.6 Å². The third-order valence-corrected chi connectivity index (χ3v) is 8.37. The van der Waals surface area contributed by atoms with Crippen molar-refractivity contribution >= 4 is 5.97 Å². The predicted molar refractivity (Wildman–Crippen MR) is 125 cm³/mol. The Morgan fingerprint density at radius 1 is 1.11 bits per heavy atom. The molecule has 4 heterocycles. The maximum absolute atomic E-state index is 11.8. The van der Waals surface area contributed by atoms with E-state index in [-0.39, 0.29) is 17.8 Å². The third kappa shape index (κ3) is 4.48. The molecule has 194 valence electrons. The summed E-state index contributed by atoms with van der Waals surface area (Å²) in [6.07, 6.45) is 2.42. The van der Waals surface area contributed by atoms with E-state index in [0.717, 1.165) is 31.2 Å². The van der Waals surface area contributed by atoms with Gasteiger partial charge in [0, 0.05) is 18.3 Å². The van der Waals surface area contributed by atoms with E-state index in [1.54, 1.807) is 13.8 Å². The van der Waals surface area contributed by atoms with E-state index in [1.807, 2.05) is 31.2 Å². The van der Waals surface area contributed by atoms with Gasteiger partial charge in [0.15, 0.2) is 24.3 Å². The van der Waals surface area contributed by atoms with Crippen LogP contribution >= 0.6 is 0 Å². The van der Waals surface area contributed by atoms with Crippen LogP contribution in [0.25, 0.3) is 0 Å². The van der Waals surface area contributed by atoms with Gasteiger partial charge in [-0.3, -0.25) is 0 Å². The van der Waals surface area contributed by atoms with Crippen LogP contribution in [0.2, 0.25) is 0 Å². The average Bonchev–Trinajstić information content (AvgIpc) is 3.07. The molecule has 2 bridgehead atoms. The number of carbonyl (C=O) groups excluding carboxylic acids is 1. The first-order valence-corrected chi connectivity index (χ1v) is 13.0. The molecule has 0 amide bonds. The van der Waals surface area contributed by atoms with Crippen molar-refractivity contribution in [2.24, 2.45) is 23.7 Å². The van der Waals surface area contributed by atoms with Crippen LogP contribution in [0.5, 0.6) is 5.75 Å². The molecular formula is C27H38O8. The quantitative estimate of drug-likeness (QED) is 0.400. The number of hydrogen-bond donors (Lipinski definition) is 0. The molecule has 8 nitrogen and oxygen atoms in total. The van der Waals surface area contributed by atoms with Crippen molar-refractivity contribution in [3.8, 4) is 5.75 Å². The van der Waals surface area contributed by atoms with Crippen molar-refractivity contribution in [2.75, 3.05) is 6.61 Å². The van der Waals surface area contributed by atoms with Gasteiger partial charge in [-0.2, -0.15) is 0 Å². The minimum Gasteiger partial charge on any atom is -0.479 e. The standard InChI is InChI=1S/C27H38O8/c1-6-29-23(28)18(4)31-20-10-8-19(9-11-20)15-30-24-17(3)22-12-7-16(2)21-13-14-26(5)33-25(32-24)27(21,22)35-34-26/h8-11,16-18,21-22,24-25H,6-7,12-15H2,1-5H3/t16-,17-,18?,21?,22?,24-,25-,26+,27-/m1/s1. The van der Waals surface area contributed by atoms with Gasteiger partial charge in [0.2, 0.25) is 5.79 Å². The van der Waals surface area contributed by atoms with Crippen molar-refractivity contribution in [3.63, 3.8) is 0 Å². The number of esters is 1. The van der Waals surface area contributed by atoms with Crippen LogP contribution in [0.1, 0.15) is 65.9 Å². The molecule has 6 rings (SSSR count). The van der Waals surface area contributed by atoms with Crippen LogP contribution in [0.3, 0.4) is 0 Å². The lowest BCUT2D eigenvalue weighted by Crippen LogP contribution is -2.70. The first-order chi connectivity index (χ1) is 16.8. The summed E-state index contributed by atoms with van der Waals surface area (Å²) in [4.78, 5) is 23.9. The van der Waals surface area contributed by atoms with Gasteiger partial charge in [0.05, 0.1) is 13.2 Å². The lowest BCUT2D eigenvalue weighted by atomic mass is 9.58.